The van der Waals surface area contributed by atoms with E-state index in [2.05, 4.69) is 10.6 Å². The molecule has 0 radical (unpaired) electrons. The van der Waals surface area contributed by atoms with Gasteiger partial charge >= 0.3 is 6.18 Å². The molecule has 2 atom stereocenters. The molecule has 1 aliphatic rings. The quantitative estimate of drug-likeness (QED) is 0.785. The summed E-state index contributed by atoms with van der Waals surface area (Å²) in [5.41, 5.74) is -0.768. The van der Waals surface area contributed by atoms with Crippen LogP contribution in [0.3, 0.4) is 0 Å². The zero-order valence-corrected chi connectivity index (χ0v) is 12.4. The molecule has 0 aliphatic heterocycles. The molecule has 23 heavy (non-hydrogen) atoms. The van der Waals surface area contributed by atoms with E-state index in [4.69, 9.17) is 4.74 Å². The Bertz CT molecular complexity index is 590. The first-order chi connectivity index (χ1) is 10.8. The zero-order chi connectivity index (χ0) is 17.0. The number of hydrogen-bond donors (Lipinski definition) is 2. The van der Waals surface area contributed by atoms with E-state index in [0.717, 1.165) is 12.1 Å². The third kappa shape index (κ3) is 4.69. The Balaban J connectivity index is 1.88. The topological polar surface area (TPSA) is 67.4 Å². The summed E-state index contributed by atoms with van der Waals surface area (Å²) in [5, 5.41) is 5.06. The van der Waals surface area contributed by atoms with Gasteiger partial charge in [-0.15, -0.1) is 0 Å². The Kier molecular flexibility index (Phi) is 5.25. The first kappa shape index (κ1) is 17.3. The summed E-state index contributed by atoms with van der Waals surface area (Å²) in [6, 6.07) is 4.40. The maximum absolute atomic E-state index is 12.6. The van der Waals surface area contributed by atoms with Crippen molar-refractivity contribution in [2.45, 2.75) is 12.6 Å². The largest absolute Gasteiger partial charge is 0.416 e. The van der Waals surface area contributed by atoms with Gasteiger partial charge in [0.2, 0.25) is 11.8 Å². The van der Waals surface area contributed by atoms with Crippen molar-refractivity contribution >= 4 is 17.5 Å². The van der Waals surface area contributed by atoms with E-state index in [1.165, 1.54) is 19.2 Å². The number of halogens is 3. The smallest absolute Gasteiger partial charge is 0.383 e. The molecule has 2 rings (SSSR count). The van der Waals surface area contributed by atoms with Crippen molar-refractivity contribution in [3.63, 3.8) is 0 Å². The summed E-state index contributed by atoms with van der Waals surface area (Å²) in [6.45, 7) is 0.730. The van der Waals surface area contributed by atoms with Gasteiger partial charge in [-0.2, -0.15) is 13.2 Å². The number of amides is 2. The predicted molar refractivity (Wildman–Crippen MR) is 76.6 cm³/mol. The first-order valence-corrected chi connectivity index (χ1v) is 7.07. The Morgan fingerprint density at radius 3 is 2.61 bits per heavy atom. The van der Waals surface area contributed by atoms with Crippen LogP contribution in [-0.4, -0.2) is 32.1 Å². The van der Waals surface area contributed by atoms with Gasteiger partial charge in [-0.05, 0) is 24.6 Å². The molecule has 2 amide bonds. The highest BCUT2D eigenvalue weighted by atomic mass is 19.4. The SMILES string of the molecule is COCCNC(=O)C1CC1C(=O)Nc1cccc(C(F)(F)F)c1. The molecule has 0 bridgehead atoms. The van der Waals surface area contributed by atoms with Gasteiger partial charge in [0.1, 0.15) is 0 Å². The maximum atomic E-state index is 12.6. The second-order valence-electron chi connectivity index (χ2n) is 5.30. The van der Waals surface area contributed by atoms with Crippen LogP contribution < -0.4 is 10.6 Å². The van der Waals surface area contributed by atoms with Crippen molar-refractivity contribution < 1.29 is 27.5 Å². The Hall–Kier alpha value is -2.09. The van der Waals surface area contributed by atoms with Crippen molar-refractivity contribution in [2.75, 3.05) is 25.6 Å². The number of alkyl halides is 3. The van der Waals surface area contributed by atoms with Crippen molar-refractivity contribution in [3.8, 4) is 0 Å². The van der Waals surface area contributed by atoms with Crippen molar-refractivity contribution in [3.05, 3.63) is 29.8 Å². The number of ether oxygens (including phenoxy) is 1. The van der Waals surface area contributed by atoms with Crippen molar-refractivity contribution in [2.24, 2.45) is 11.8 Å². The molecule has 1 aromatic carbocycles. The summed E-state index contributed by atoms with van der Waals surface area (Å²) < 4.78 is 42.6. The molecule has 0 saturated heterocycles. The van der Waals surface area contributed by atoms with Crippen LogP contribution >= 0.6 is 0 Å². The second kappa shape index (κ2) is 6.99. The second-order valence-corrected chi connectivity index (χ2v) is 5.30. The van der Waals surface area contributed by atoms with Crippen LogP contribution in [0.4, 0.5) is 18.9 Å². The van der Waals surface area contributed by atoms with E-state index in [1.54, 1.807) is 0 Å². The van der Waals surface area contributed by atoms with E-state index in [0.29, 0.717) is 19.6 Å². The molecule has 0 spiro atoms. The number of methoxy groups -OCH3 is 1. The van der Waals surface area contributed by atoms with Crippen LogP contribution in [-0.2, 0) is 20.5 Å². The van der Waals surface area contributed by atoms with E-state index in [1.807, 2.05) is 0 Å². The molecule has 5 nitrogen and oxygen atoms in total. The van der Waals surface area contributed by atoms with Crippen LogP contribution in [0, 0.1) is 11.8 Å². The van der Waals surface area contributed by atoms with Crippen LogP contribution in [0.1, 0.15) is 12.0 Å². The summed E-state index contributed by atoms with van der Waals surface area (Å²) >= 11 is 0. The van der Waals surface area contributed by atoms with E-state index >= 15 is 0 Å². The number of carbonyl (C=O) groups excluding carboxylic acids is 2. The van der Waals surface area contributed by atoms with Gasteiger partial charge in [-0.25, -0.2) is 0 Å². The zero-order valence-electron chi connectivity index (χ0n) is 12.4. The Labute approximate surface area is 131 Å². The van der Waals surface area contributed by atoms with E-state index < -0.39 is 29.5 Å². The number of nitrogens with one attached hydrogen (secondary N) is 2. The van der Waals surface area contributed by atoms with Gasteiger partial charge in [0, 0.05) is 19.3 Å². The number of rotatable bonds is 6. The minimum atomic E-state index is -4.47. The predicted octanol–water partition coefficient (Wildman–Crippen LogP) is 2.04. The fraction of sp³-hybridized carbons (Fsp3) is 0.467. The Morgan fingerprint density at radius 1 is 1.26 bits per heavy atom. The minimum absolute atomic E-state index is 0.0651. The van der Waals surface area contributed by atoms with Crippen LogP contribution in [0.5, 0.6) is 0 Å². The van der Waals surface area contributed by atoms with Gasteiger partial charge in [0.25, 0.3) is 0 Å². The molecular formula is C15H17F3N2O3. The van der Waals surface area contributed by atoms with Gasteiger partial charge in [0.05, 0.1) is 24.0 Å². The highest BCUT2D eigenvalue weighted by Gasteiger charge is 2.47. The van der Waals surface area contributed by atoms with E-state index in [9.17, 15) is 22.8 Å². The van der Waals surface area contributed by atoms with Crippen molar-refractivity contribution in [1.82, 2.24) is 5.32 Å². The van der Waals surface area contributed by atoms with Gasteiger partial charge in [-0.3, -0.25) is 9.59 Å². The molecule has 1 aliphatic carbocycles. The normalized spacial score (nSPS) is 20.0. The first-order valence-electron chi connectivity index (χ1n) is 7.07. The van der Waals surface area contributed by atoms with E-state index in [-0.39, 0.29) is 11.6 Å². The average molecular weight is 330 g/mol. The molecule has 1 saturated carbocycles. The number of carbonyl (C=O) groups is 2. The Morgan fingerprint density at radius 2 is 1.96 bits per heavy atom. The highest BCUT2D eigenvalue weighted by molar-refractivity contribution is 5.99. The molecule has 2 N–H and O–H groups in total. The fourth-order valence-corrected chi connectivity index (χ4v) is 2.19. The lowest BCUT2D eigenvalue weighted by atomic mass is 10.2. The lowest BCUT2D eigenvalue weighted by Gasteiger charge is -2.10. The third-order valence-electron chi connectivity index (χ3n) is 3.53. The fourth-order valence-electron chi connectivity index (χ4n) is 2.19. The number of anilines is 1. The molecule has 2 unspecified atom stereocenters. The maximum Gasteiger partial charge on any atom is 0.416 e. The lowest BCUT2D eigenvalue weighted by Crippen LogP contribution is -2.30. The standard InChI is InChI=1S/C15H17F3N2O3/c1-23-6-5-19-13(21)11-8-12(11)14(22)20-10-4-2-3-9(7-10)15(16,17)18/h2-4,7,11-12H,5-6,8H2,1H3,(H,19,21)(H,20,22). The average Bonchev–Trinajstić information content (AvgIpc) is 3.27. The number of benzene rings is 1. The summed E-state index contributed by atoms with van der Waals surface area (Å²) in [4.78, 5) is 23.7. The van der Waals surface area contributed by atoms with Crippen LogP contribution in [0.2, 0.25) is 0 Å². The molecule has 1 aromatic rings. The van der Waals surface area contributed by atoms with Crippen LogP contribution in [0.15, 0.2) is 24.3 Å². The van der Waals surface area contributed by atoms with Gasteiger partial charge < -0.3 is 15.4 Å². The lowest BCUT2D eigenvalue weighted by molar-refractivity contribution is -0.137. The van der Waals surface area contributed by atoms with Gasteiger partial charge in [0.15, 0.2) is 0 Å². The van der Waals surface area contributed by atoms with Crippen molar-refractivity contribution in [1.29, 1.82) is 0 Å². The summed E-state index contributed by atoms with van der Waals surface area (Å²) in [7, 11) is 1.51. The molecular weight excluding hydrogens is 313 g/mol. The summed E-state index contributed by atoms with van der Waals surface area (Å²) in [6.07, 6.45) is -4.08. The molecule has 0 aromatic heterocycles. The number of hydrogen-bond acceptors (Lipinski definition) is 3. The molecule has 8 heteroatoms. The molecule has 0 heterocycles. The monoisotopic (exact) mass is 330 g/mol. The third-order valence-corrected chi connectivity index (χ3v) is 3.53. The minimum Gasteiger partial charge on any atom is -0.383 e. The van der Waals surface area contributed by atoms with Gasteiger partial charge in [-0.1, -0.05) is 6.07 Å². The van der Waals surface area contributed by atoms with Crippen LogP contribution in [0.25, 0.3) is 0 Å². The molecule has 1 fully saturated rings. The summed E-state index contributed by atoms with van der Waals surface area (Å²) in [5.74, 6) is -1.63. The highest BCUT2D eigenvalue weighted by Crippen LogP contribution is 2.39. The molecule has 126 valence electrons.